The molecule has 2 aromatic carbocycles. The summed E-state index contributed by atoms with van der Waals surface area (Å²) < 4.78 is 5.86. The van der Waals surface area contributed by atoms with Crippen LogP contribution >= 0.6 is 0 Å². The molecule has 0 heterocycles. The second-order valence-corrected chi connectivity index (χ2v) is 4.51. The molecule has 3 heteroatoms. The zero-order valence-corrected chi connectivity index (χ0v) is 11.9. The van der Waals surface area contributed by atoms with E-state index in [2.05, 4.69) is 0 Å². The van der Waals surface area contributed by atoms with Gasteiger partial charge in [-0.25, -0.2) is 0 Å². The average molecular weight is 269 g/mol. The number of hydrogen-bond acceptors (Lipinski definition) is 2. The third-order valence-electron chi connectivity index (χ3n) is 3.09. The summed E-state index contributed by atoms with van der Waals surface area (Å²) in [6.07, 6.45) is 0. The van der Waals surface area contributed by atoms with E-state index in [4.69, 9.17) is 4.74 Å². The third-order valence-corrected chi connectivity index (χ3v) is 3.09. The fourth-order valence-corrected chi connectivity index (χ4v) is 2.10. The Morgan fingerprint density at radius 2 is 1.70 bits per heavy atom. The smallest absolute Gasteiger partial charge is 0.223 e. The highest BCUT2D eigenvalue weighted by molar-refractivity contribution is 5.93. The summed E-state index contributed by atoms with van der Waals surface area (Å²) in [5, 5.41) is 0. The van der Waals surface area contributed by atoms with Gasteiger partial charge in [0, 0.05) is 13.5 Å². The number of benzene rings is 2. The quantitative estimate of drug-likeness (QED) is 0.829. The van der Waals surface area contributed by atoms with Gasteiger partial charge in [0.2, 0.25) is 5.91 Å². The van der Waals surface area contributed by atoms with Crippen molar-refractivity contribution < 1.29 is 9.53 Å². The SMILES string of the molecule is CCN(C(C)=O)c1ccccc1OCc1ccccc1. The zero-order valence-electron chi connectivity index (χ0n) is 11.9. The van der Waals surface area contributed by atoms with Crippen LogP contribution in [0.25, 0.3) is 0 Å². The van der Waals surface area contributed by atoms with Crippen LogP contribution in [0.5, 0.6) is 5.75 Å². The van der Waals surface area contributed by atoms with E-state index >= 15 is 0 Å². The summed E-state index contributed by atoms with van der Waals surface area (Å²) in [6.45, 7) is 4.64. The van der Waals surface area contributed by atoms with Crippen LogP contribution in [0.3, 0.4) is 0 Å². The van der Waals surface area contributed by atoms with Crippen LogP contribution in [0.2, 0.25) is 0 Å². The van der Waals surface area contributed by atoms with Crippen LogP contribution in [-0.2, 0) is 11.4 Å². The van der Waals surface area contributed by atoms with Gasteiger partial charge in [0.25, 0.3) is 0 Å². The first-order valence-electron chi connectivity index (χ1n) is 6.76. The summed E-state index contributed by atoms with van der Waals surface area (Å²) in [5.41, 5.74) is 1.92. The molecule has 0 fully saturated rings. The molecule has 2 aromatic rings. The van der Waals surface area contributed by atoms with Crippen molar-refractivity contribution in [2.24, 2.45) is 0 Å². The summed E-state index contributed by atoms with van der Waals surface area (Å²) in [7, 11) is 0. The first-order chi connectivity index (χ1) is 9.72. The van der Waals surface area contributed by atoms with Crippen LogP contribution in [0.15, 0.2) is 54.6 Å². The molecular formula is C17H19NO2. The second kappa shape index (κ2) is 6.75. The van der Waals surface area contributed by atoms with E-state index in [1.54, 1.807) is 11.8 Å². The van der Waals surface area contributed by atoms with Gasteiger partial charge in [0.1, 0.15) is 12.4 Å². The molecule has 0 radical (unpaired) electrons. The number of amides is 1. The van der Waals surface area contributed by atoms with E-state index in [0.717, 1.165) is 17.0 Å². The van der Waals surface area contributed by atoms with Gasteiger partial charge < -0.3 is 9.64 Å². The fraction of sp³-hybridized carbons (Fsp3) is 0.235. The van der Waals surface area contributed by atoms with Crippen LogP contribution in [0, 0.1) is 0 Å². The lowest BCUT2D eigenvalue weighted by atomic mass is 10.2. The first-order valence-corrected chi connectivity index (χ1v) is 6.76. The van der Waals surface area contributed by atoms with Crippen molar-refractivity contribution in [3.05, 3.63) is 60.2 Å². The molecule has 0 aliphatic carbocycles. The number of rotatable bonds is 5. The largest absolute Gasteiger partial charge is 0.487 e. The van der Waals surface area contributed by atoms with Crippen molar-refractivity contribution in [2.75, 3.05) is 11.4 Å². The van der Waals surface area contributed by atoms with Gasteiger partial charge in [0.05, 0.1) is 5.69 Å². The summed E-state index contributed by atoms with van der Waals surface area (Å²) in [4.78, 5) is 13.4. The van der Waals surface area contributed by atoms with Gasteiger partial charge in [0.15, 0.2) is 0 Å². The van der Waals surface area contributed by atoms with E-state index in [-0.39, 0.29) is 5.91 Å². The lowest BCUT2D eigenvalue weighted by molar-refractivity contribution is -0.116. The summed E-state index contributed by atoms with van der Waals surface area (Å²) in [6, 6.07) is 17.6. The van der Waals surface area contributed by atoms with E-state index < -0.39 is 0 Å². The molecule has 20 heavy (non-hydrogen) atoms. The lowest BCUT2D eigenvalue weighted by Gasteiger charge is -2.22. The third kappa shape index (κ3) is 3.38. The molecule has 0 N–H and O–H groups in total. The number of nitrogens with zero attached hydrogens (tertiary/aromatic N) is 1. The van der Waals surface area contributed by atoms with Gasteiger partial charge in [-0.3, -0.25) is 4.79 Å². The molecule has 3 nitrogen and oxygen atoms in total. The van der Waals surface area contributed by atoms with Crippen molar-refractivity contribution in [1.29, 1.82) is 0 Å². The van der Waals surface area contributed by atoms with Gasteiger partial charge in [-0.15, -0.1) is 0 Å². The minimum Gasteiger partial charge on any atom is -0.487 e. The van der Waals surface area contributed by atoms with Crippen LogP contribution in [0.4, 0.5) is 5.69 Å². The molecule has 0 aromatic heterocycles. The molecule has 0 aliphatic heterocycles. The number of carbonyl (C=O) groups is 1. The van der Waals surface area contributed by atoms with Crippen molar-refractivity contribution >= 4 is 11.6 Å². The molecule has 0 unspecified atom stereocenters. The van der Waals surface area contributed by atoms with Crippen molar-refractivity contribution in [3.8, 4) is 5.75 Å². The van der Waals surface area contributed by atoms with Gasteiger partial charge in [-0.05, 0) is 24.6 Å². The van der Waals surface area contributed by atoms with Crippen LogP contribution < -0.4 is 9.64 Å². The molecule has 0 saturated heterocycles. The Bertz CT molecular complexity index is 566. The highest BCUT2D eigenvalue weighted by Crippen LogP contribution is 2.28. The van der Waals surface area contributed by atoms with Crippen molar-refractivity contribution in [3.63, 3.8) is 0 Å². The Balaban J connectivity index is 2.17. The van der Waals surface area contributed by atoms with Crippen LogP contribution in [0.1, 0.15) is 19.4 Å². The number of carbonyl (C=O) groups excluding carboxylic acids is 1. The molecular weight excluding hydrogens is 250 g/mol. The van der Waals surface area contributed by atoms with E-state index in [1.807, 2.05) is 61.5 Å². The van der Waals surface area contributed by atoms with Gasteiger partial charge in [-0.1, -0.05) is 42.5 Å². The Morgan fingerprint density at radius 3 is 2.35 bits per heavy atom. The zero-order chi connectivity index (χ0) is 14.4. The molecule has 1 amide bonds. The van der Waals surface area contributed by atoms with E-state index in [1.165, 1.54) is 0 Å². The summed E-state index contributed by atoms with van der Waals surface area (Å²) in [5.74, 6) is 0.747. The monoisotopic (exact) mass is 269 g/mol. The van der Waals surface area contributed by atoms with Crippen molar-refractivity contribution in [2.45, 2.75) is 20.5 Å². The lowest BCUT2D eigenvalue weighted by Crippen LogP contribution is -2.28. The average Bonchev–Trinajstić information content (AvgIpc) is 2.48. The molecule has 0 saturated carbocycles. The predicted molar refractivity (Wildman–Crippen MR) is 80.9 cm³/mol. The maximum atomic E-state index is 11.7. The van der Waals surface area contributed by atoms with Gasteiger partial charge >= 0.3 is 0 Å². The standard InChI is InChI=1S/C17H19NO2/c1-3-18(14(2)19)16-11-7-8-12-17(16)20-13-15-9-5-4-6-10-15/h4-12H,3,13H2,1-2H3. The Kier molecular flexibility index (Phi) is 4.77. The molecule has 0 bridgehead atoms. The molecule has 0 aliphatic rings. The highest BCUT2D eigenvalue weighted by Gasteiger charge is 2.13. The number of anilines is 1. The number of hydrogen-bond donors (Lipinski definition) is 0. The molecule has 2 rings (SSSR count). The van der Waals surface area contributed by atoms with Crippen molar-refractivity contribution in [1.82, 2.24) is 0 Å². The first kappa shape index (κ1) is 14.1. The van der Waals surface area contributed by atoms with E-state index in [0.29, 0.717) is 13.2 Å². The molecule has 0 spiro atoms. The maximum absolute atomic E-state index is 11.7. The Labute approximate surface area is 119 Å². The van der Waals surface area contributed by atoms with Crippen LogP contribution in [-0.4, -0.2) is 12.5 Å². The minimum absolute atomic E-state index is 0.0169. The topological polar surface area (TPSA) is 29.5 Å². The molecule has 104 valence electrons. The maximum Gasteiger partial charge on any atom is 0.223 e. The second-order valence-electron chi connectivity index (χ2n) is 4.51. The predicted octanol–water partition coefficient (Wildman–Crippen LogP) is 3.64. The van der Waals surface area contributed by atoms with E-state index in [9.17, 15) is 4.79 Å². The molecule has 0 atom stereocenters. The fourth-order valence-electron chi connectivity index (χ4n) is 2.10. The highest BCUT2D eigenvalue weighted by atomic mass is 16.5. The number of ether oxygens (including phenoxy) is 1. The van der Waals surface area contributed by atoms with Gasteiger partial charge in [-0.2, -0.15) is 0 Å². The minimum atomic E-state index is 0.0169. The summed E-state index contributed by atoms with van der Waals surface area (Å²) >= 11 is 0. The number of para-hydroxylation sites is 2. The normalized spacial score (nSPS) is 10.1. The Morgan fingerprint density at radius 1 is 1.05 bits per heavy atom. The Hall–Kier alpha value is -2.29.